The number of hydrogen-bond acceptors (Lipinski definition) is 4. The molecule has 0 fully saturated rings. The van der Waals surface area contributed by atoms with Crippen LogP contribution >= 0.6 is 0 Å². The van der Waals surface area contributed by atoms with Gasteiger partial charge in [0.1, 0.15) is 5.60 Å². The molecule has 0 radical (unpaired) electrons. The van der Waals surface area contributed by atoms with Crippen LogP contribution in [0.4, 0.5) is 0 Å². The second-order valence-corrected chi connectivity index (χ2v) is 5.99. The number of aliphatic hydroxyl groups is 1. The molecule has 4 nitrogen and oxygen atoms in total. The molecule has 3 rings (SSSR count). The quantitative estimate of drug-likeness (QED) is 0.935. The lowest BCUT2D eigenvalue weighted by Crippen LogP contribution is -2.24. The fourth-order valence-corrected chi connectivity index (χ4v) is 2.48. The summed E-state index contributed by atoms with van der Waals surface area (Å²) >= 11 is 0. The summed E-state index contributed by atoms with van der Waals surface area (Å²) in [6.07, 6.45) is 1.96. The maximum Gasteiger partial charge on any atom is 0.219 e. The fraction of sp³-hybridized carbons (Fsp3) is 0.353. The van der Waals surface area contributed by atoms with Crippen LogP contribution in [-0.2, 0) is 6.42 Å². The Hall–Kier alpha value is -2.07. The van der Waals surface area contributed by atoms with Gasteiger partial charge in [-0.05, 0) is 38.5 Å². The van der Waals surface area contributed by atoms with Crippen LogP contribution in [0.2, 0.25) is 0 Å². The van der Waals surface area contributed by atoms with Gasteiger partial charge in [-0.2, -0.15) is 0 Å². The van der Waals surface area contributed by atoms with E-state index in [0.717, 1.165) is 23.3 Å². The summed E-state index contributed by atoms with van der Waals surface area (Å²) < 4.78 is 11.8. The average molecular weight is 285 g/mol. The van der Waals surface area contributed by atoms with Crippen LogP contribution in [-0.4, -0.2) is 15.7 Å². The summed E-state index contributed by atoms with van der Waals surface area (Å²) in [6, 6.07) is 9.46. The summed E-state index contributed by atoms with van der Waals surface area (Å²) in [4.78, 5) is 4.22. The number of fused-ring (bicyclic) bond motifs is 1. The molecule has 21 heavy (non-hydrogen) atoms. The van der Waals surface area contributed by atoms with Crippen LogP contribution < -0.4 is 9.47 Å². The van der Waals surface area contributed by atoms with Crippen molar-refractivity contribution in [3.63, 3.8) is 0 Å². The Kier molecular flexibility index (Phi) is 3.33. The van der Waals surface area contributed by atoms with Crippen molar-refractivity contribution < 1.29 is 14.6 Å². The zero-order chi connectivity index (χ0) is 15.0. The smallest absolute Gasteiger partial charge is 0.219 e. The molecular weight excluding hydrogens is 266 g/mol. The minimum absolute atomic E-state index is 0.203. The lowest BCUT2D eigenvalue weighted by Gasteiger charge is -2.18. The van der Waals surface area contributed by atoms with E-state index >= 15 is 0 Å². The van der Waals surface area contributed by atoms with E-state index in [1.54, 1.807) is 25.3 Å². The summed E-state index contributed by atoms with van der Waals surface area (Å²) in [5.41, 5.74) is 1.71. The Labute approximate surface area is 124 Å². The predicted molar refractivity (Wildman–Crippen MR) is 79.8 cm³/mol. The number of pyridine rings is 1. The van der Waals surface area contributed by atoms with Crippen molar-refractivity contribution in [1.82, 2.24) is 4.98 Å². The Morgan fingerprint density at radius 3 is 2.76 bits per heavy atom. The van der Waals surface area contributed by atoms with Crippen molar-refractivity contribution in [2.24, 2.45) is 0 Å². The highest BCUT2D eigenvalue weighted by Crippen LogP contribution is 2.43. The Bertz CT molecular complexity index is 648. The van der Waals surface area contributed by atoms with Gasteiger partial charge < -0.3 is 14.6 Å². The lowest BCUT2D eigenvalue weighted by molar-refractivity contribution is 0.135. The third-order valence-corrected chi connectivity index (χ3v) is 3.51. The minimum Gasteiger partial charge on any atom is -0.483 e. The normalized spacial score (nSPS) is 17.0. The molecule has 0 bridgehead atoms. The molecule has 1 N–H and O–H groups in total. The van der Waals surface area contributed by atoms with Crippen LogP contribution in [0.5, 0.6) is 17.4 Å². The molecule has 1 aliphatic rings. The molecule has 110 valence electrons. The number of rotatable bonds is 3. The Morgan fingerprint density at radius 2 is 2.10 bits per heavy atom. The molecule has 1 aliphatic heterocycles. The molecular formula is C17H19NO3. The highest BCUT2D eigenvalue weighted by molar-refractivity contribution is 5.51. The van der Waals surface area contributed by atoms with Gasteiger partial charge in [0, 0.05) is 24.2 Å². The second-order valence-electron chi connectivity index (χ2n) is 5.99. The Morgan fingerprint density at radius 1 is 1.29 bits per heavy atom. The summed E-state index contributed by atoms with van der Waals surface area (Å²) in [6.45, 7) is 5.83. The molecule has 0 spiro atoms. The summed E-state index contributed by atoms with van der Waals surface area (Å²) in [5, 5.41) is 9.49. The summed E-state index contributed by atoms with van der Waals surface area (Å²) in [5.74, 6) is 1.96. The van der Waals surface area contributed by atoms with Crippen LogP contribution in [0.1, 0.15) is 38.0 Å². The highest BCUT2D eigenvalue weighted by atomic mass is 16.5. The fourth-order valence-electron chi connectivity index (χ4n) is 2.48. The first-order valence-corrected chi connectivity index (χ1v) is 7.07. The molecule has 1 atom stereocenters. The van der Waals surface area contributed by atoms with Gasteiger partial charge in [0.05, 0.1) is 6.10 Å². The lowest BCUT2D eigenvalue weighted by atomic mass is 10.0. The van der Waals surface area contributed by atoms with E-state index in [4.69, 9.17) is 9.47 Å². The van der Waals surface area contributed by atoms with Gasteiger partial charge in [-0.3, -0.25) is 0 Å². The number of benzene rings is 1. The molecule has 0 amide bonds. The van der Waals surface area contributed by atoms with Crippen molar-refractivity contribution in [2.45, 2.75) is 38.9 Å². The number of hydrogen-bond donors (Lipinski definition) is 1. The zero-order valence-corrected chi connectivity index (χ0v) is 12.5. The third kappa shape index (κ3) is 2.85. The summed E-state index contributed by atoms with van der Waals surface area (Å²) in [7, 11) is 0. The van der Waals surface area contributed by atoms with Gasteiger partial charge >= 0.3 is 0 Å². The third-order valence-electron chi connectivity index (χ3n) is 3.51. The largest absolute Gasteiger partial charge is 0.483 e. The number of ether oxygens (including phenoxy) is 2. The van der Waals surface area contributed by atoms with Crippen molar-refractivity contribution in [3.8, 4) is 17.4 Å². The molecule has 0 saturated carbocycles. The SMILES string of the molecule is CC(O)c1ccc(Oc2cccc3c2OC(C)(C)C3)nc1. The van der Waals surface area contributed by atoms with E-state index in [1.807, 2.05) is 12.1 Å². The van der Waals surface area contributed by atoms with Crippen molar-refractivity contribution in [3.05, 3.63) is 47.7 Å². The molecule has 0 saturated heterocycles. The first-order valence-electron chi connectivity index (χ1n) is 7.07. The van der Waals surface area contributed by atoms with Crippen molar-refractivity contribution >= 4 is 0 Å². The Balaban J connectivity index is 1.85. The van der Waals surface area contributed by atoms with Gasteiger partial charge in [0.15, 0.2) is 11.5 Å². The van der Waals surface area contributed by atoms with Crippen molar-refractivity contribution in [1.29, 1.82) is 0 Å². The molecule has 0 aliphatic carbocycles. The minimum atomic E-state index is -0.531. The van der Waals surface area contributed by atoms with E-state index in [9.17, 15) is 5.11 Å². The average Bonchev–Trinajstić information content (AvgIpc) is 2.74. The zero-order valence-electron chi connectivity index (χ0n) is 12.5. The molecule has 2 aromatic rings. The van der Waals surface area contributed by atoms with E-state index in [1.165, 1.54) is 0 Å². The first kappa shape index (κ1) is 13.9. The van der Waals surface area contributed by atoms with Gasteiger partial charge in [-0.25, -0.2) is 4.98 Å². The second kappa shape index (κ2) is 5.04. The first-order chi connectivity index (χ1) is 9.94. The number of nitrogens with zero attached hydrogens (tertiary/aromatic N) is 1. The van der Waals surface area contributed by atoms with Crippen LogP contribution in [0, 0.1) is 0 Å². The molecule has 1 aromatic carbocycles. The number of para-hydroxylation sites is 1. The van der Waals surface area contributed by atoms with Crippen LogP contribution in [0.15, 0.2) is 36.5 Å². The molecule has 1 aromatic heterocycles. The maximum absolute atomic E-state index is 9.49. The maximum atomic E-state index is 9.49. The number of aromatic nitrogens is 1. The molecule has 1 unspecified atom stereocenters. The van der Waals surface area contributed by atoms with Crippen LogP contribution in [0.25, 0.3) is 0 Å². The predicted octanol–water partition coefficient (Wildman–Crippen LogP) is 3.64. The van der Waals surface area contributed by atoms with Gasteiger partial charge in [0.25, 0.3) is 0 Å². The highest BCUT2D eigenvalue weighted by Gasteiger charge is 2.32. The van der Waals surface area contributed by atoms with E-state index in [-0.39, 0.29) is 5.60 Å². The van der Waals surface area contributed by atoms with Gasteiger partial charge in [-0.1, -0.05) is 12.1 Å². The van der Waals surface area contributed by atoms with Crippen molar-refractivity contribution in [2.75, 3.05) is 0 Å². The van der Waals surface area contributed by atoms with E-state index < -0.39 is 6.10 Å². The van der Waals surface area contributed by atoms with Gasteiger partial charge in [-0.15, -0.1) is 0 Å². The molecule has 2 heterocycles. The van der Waals surface area contributed by atoms with E-state index in [0.29, 0.717) is 11.6 Å². The van der Waals surface area contributed by atoms with Crippen LogP contribution in [0.3, 0.4) is 0 Å². The van der Waals surface area contributed by atoms with Gasteiger partial charge in [0.2, 0.25) is 5.88 Å². The molecule has 4 heteroatoms. The monoisotopic (exact) mass is 285 g/mol. The topological polar surface area (TPSA) is 51.6 Å². The standard InChI is InChI=1S/C17H19NO3/c1-11(19)13-7-8-15(18-10-13)20-14-6-4-5-12-9-17(2,3)21-16(12)14/h4-8,10-11,19H,9H2,1-3H3. The number of aliphatic hydroxyl groups excluding tert-OH is 1. The van der Waals surface area contributed by atoms with E-state index in [2.05, 4.69) is 24.9 Å².